The maximum absolute atomic E-state index is 11.0. The van der Waals surface area contributed by atoms with E-state index in [1.54, 1.807) is 18.2 Å². The second-order valence-electron chi connectivity index (χ2n) is 2.71. The highest BCUT2D eigenvalue weighted by molar-refractivity contribution is 7.99. The molecule has 0 unspecified atom stereocenters. The quantitative estimate of drug-likeness (QED) is 0.844. The largest absolute Gasteiger partial charge is 0.453 e. The number of anilines is 1. The molecule has 0 heterocycles. The van der Waals surface area contributed by atoms with Crippen LogP contribution in [-0.4, -0.2) is 19.0 Å². The van der Waals surface area contributed by atoms with E-state index in [9.17, 15) is 4.79 Å². The first-order chi connectivity index (χ1) is 7.67. The number of carbonyl (C=O) groups excluding carboxylic acids is 1. The van der Waals surface area contributed by atoms with Crippen LogP contribution in [0, 0.1) is 11.3 Å². The molecule has 0 spiro atoms. The van der Waals surface area contributed by atoms with Crippen molar-refractivity contribution in [1.29, 1.82) is 5.26 Å². The number of ether oxygens (including phenoxy) is 1. The lowest BCUT2D eigenvalue weighted by Gasteiger charge is -2.06. The zero-order valence-electron chi connectivity index (χ0n) is 8.49. The fourth-order valence-electron chi connectivity index (χ4n) is 0.964. The molecule has 16 heavy (non-hydrogen) atoms. The zero-order chi connectivity index (χ0) is 12.0. The van der Waals surface area contributed by atoms with Gasteiger partial charge in [0.15, 0.2) is 0 Å². The minimum Gasteiger partial charge on any atom is -0.453 e. The molecule has 1 aromatic rings. The van der Waals surface area contributed by atoms with Gasteiger partial charge in [0.2, 0.25) is 0 Å². The third-order valence-corrected chi connectivity index (χ3v) is 2.84. The van der Waals surface area contributed by atoms with Gasteiger partial charge in [-0.3, -0.25) is 5.32 Å². The molecular weight excluding hydrogens is 248 g/mol. The minimum absolute atomic E-state index is 0.361. The number of hydrogen-bond acceptors (Lipinski definition) is 4. The molecule has 0 aliphatic heterocycles. The summed E-state index contributed by atoms with van der Waals surface area (Å²) in [7, 11) is 1.28. The van der Waals surface area contributed by atoms with Gasteiger partial charge in [-0.15, -0.1) is 11.8 Å². The predicted molar refractivity (Wildman–Crippen MR) is 63.8 cm³/mol. The number of rotatable bonds is 3. The van der Waals surface area contributed by atoms with E-state index in [2.05, 4.69) is 10.1 Å². The van der Waals surface area contributed by atoms with Crippen LogP contribution in [0.25, 0.3) is 0 Å². The van der Waals surface area contributed by atoms with Crippen LogP contribution in [0.3, 0.4) is 0 Å². The lowest BCUT2D eigenvalue weighted by atomic mass is 10.3. The summed E-state index contributed by atoms with van der Waals surface area (Å²) in [6, 6.07) is 7.15. The predicted octanol–water partition coefficient (Wildman–Crippen LogP) is 3.13. The molecule has 0 saturated carbocycles. The van der Waals surface area contributed by atoms with E-state index >= 15 is 0 Å². The molecule has 0 aliphatic rings. The van der Waals surface area contributed by atoms with Crippen LogP contribution in [0.5, 0.6) is 0 Å². The Bertz CT molecular complexity index is 431. The summed E-state index contributed by atoms with van der Waals surface area (Å²) in [6.45, 7) is 0. The SMILES string of the molecule is COC(=O)Nc1ccc(SCC#N)cc1Cl. The van der Waals surface area contributed by atoms with Crippen molar-refractivity contribution < 1.29 is 9.53 Å². The summed E-state index contributed by atoms with van der Waals surface area (Å²) >= 11 is 7.32. The Morgan fingerprint density at radius 3 is 3.00 bits per heavy atom. The number of amides is 1. The Hall–Kier alpha value is -1.38. The first-order valence-corrected chi connectivity index (χ1v) is 5.68. The molecule has 0 saturated heterocycles. The molecule has 0 aromatic heterocycles. The van der Waals surface area contributed by atoms with Crippen LogP contribution in [0.15, 0.2) is 23.1 Å². The summed E-state index contributed by atoms with van der Waals surface area (Å²) in [5.74, 6) is 0.361. The standard InChI is InChI=1S/C10H9ClN2O2S/c1-15-10(14)13-9-3-2-7(6-8(9)11)16-5-4-12/h2-3,6H,5H2,1H3,(H,13,14). The van der Waals surface area contributed by atoms with E-state index in [1.807, 2.05) is 6.07 Å². The van der Waals surface area contributed by atoms with Crippen molar-refractivity contribution in [3.8, 4) is 6.07 Å². The fourth-order valence-corrected chi connectivity index (χ4v) is 1.85. The van der Waals surface area contributed by atoms with Gasteiger partial charge in [-0.05, 0) is 18.2 Å². The lowest BCUT2D eigenvalue weighted by molar-refractivity contribution is 0.187. The van der Waals surface area contributed by atoms with Gasteiger partial charge in [-0.2, -0.15) is 5.26 Å². The number of nitrogens with zero attached hydrogens (tertiary/aromatic N) is 1. The van der Waals surface area contributed by atoms with Crippen LogP contribution in [0.1, 0.15) is 0 Å². The number of carbonyl (C=O) groups is 1. The second-order valence-corrected chi connectivity index (χ2v) is 4.16. The molecule has 1 N–H and O–H groups in total. The Labute approximate surface area is 103 Å². The average molecular weight is 257 g/mol. The Morgan fingerprint density at radius 1 is 1.69 bits per heavy atom. The first-order valence-electron chi connectivity index (χ1n) is 4.31. The molecule has 0 atom stereocenters. The van der Waals surface area contributed by atoms with Crippen molar-refractivity contribution >= 4 is 35.1 Å². The van der Waals surface area contributed by atoms with Crippen molar-refractivity contribution in [3.63, 3.8) is 0 Å². The number of nitriles is 1. The minimum atomic E-state index is -0.570. The molecule has 1 amide bonds. The number of benzene rings is 1. The monoisotopic (exact) mass is 256 g/mol. The Balaban J connectivity index is 2.75. The Morgan fingerprint density at radius 2 is 2.44 bits per heavy atom. The smallest absolute Gasteiger partial charge is 0.411 e. The topological polar surface area (TPSA) is 62.1 Å². The van der Waals surface area contributed by atoms with Gasteiger partial charge in [0.05, 0.1) is 29.6 Å². The summed E-state index contributed by atoms with van der Waals surface area (Å²) < 4.78 is 4.45. The highest BCUT2D eigenvalue weighted by Crippen LogP contribution is 2.28. The number of halogens is 1. The first kappa shape index (κ1) is 12.7. The summed E-state index contributed by atoms with van der Waals surface area (Å²) in [4.78, 5) is 11.8. The molecule has 0 bridgehead atoms. The number of hydrogen-bond donors (Lipinski definition) is 1. The third kappa shape index (κ3) is 3.65. The van der Waals surface area contributed by atoms with Gasteiger partial charge in [0.25, 0.3) is 0 Å². The number of thioether (sulfide) groups is 1. The van der Waals surface area contributed by atoms with Crippen LogP contribution in [-0.2, 0) is 4.74 Å². The third-order valence-electron chi connectivity index (χ3n) is 1.67. The molecule has 0 radical (unpaired) electrons. The van der Waals surface area contributed by atoms with Crippen LogP contribution < -0.4 is 5.32 Å². The molecule has 0 aliphatic carbocycles. The maximum Gasteiger partial charge on any atom is 0.411 e. The van der Waals surface area contributed by atoms with Crippen LogP contribution >= 0.6 is 23.4 Å². The molecule has 84 valence electrons. The fraction of sp³-hybridized carbons (Fsp3) is 0.200. The normalized spacial score (nSPS) is 9.31. The van der Waals surface area contributed by atoms with E-state index in [1.165, 1.54) is 18.9 Å². The van der Waals surface area contributed by atoms with Gasteiger partial charge in [-0.1, -0.05) is 11.6 Å². The van der Waals surface area contributed by atoms with Gasteiger partial charge in [0, 0.05) is 4.90 Å². The molecule has 4 nitrogen and oxygen atoms in total. The second kappa shape index (κ2) is 6.26. The summed E-state index contributed by atoms with van der Waals surface area (Å²) in [5, 5.41) is 11.3. The van der Waals surface area contributed by atoms with E-state index < -0.39 is 6.09 Å². The van der Waals surface area contributed by atoms with Crippen molar-refractivity contribution in [1.82, 2.24) is 0 Å². The highest BCUT2D eigenvalue weighted by Gasteiger charge is 2.06. The molecule has 1 rings (SSSR count). The van der Waals surface area contributed by atoms with Crippen molar-refractivity contribution in [3.05, 3.63) is 23.2 Å². The van der Waals surface area contributed by atoms with E-state index in [-0.39, 0.29) is 0 Å². The Kier molecular flexibility index (Phi) is 4.96. The zero-order valence-corrected chi connectivity index (χ0v) is 10.1. The summed E-state index contributed by atoms with van der Waals surface area (Å²) in [5.41, 5.74) is 0.481. The van der Waals surface area contributed by atoms with E-state index in [0.717, 1.165) is 4.90 Å². The lowest BCUT2D eigenvalue weighted by Crippen LogP contribution is -2.11. The molecule has 0 fully saturated rings. The van der Waals surface area contributed by atoms with Crippen molar-refractivity contribution in [2.75, 3.05) is 18.2 Å². The van der Waals surface area contributed by atoms with Gasteiger partial charge in [-0.25, -0.2) is 4.79 Å². The van der Waals surface area contributed by atoms with Crippen molar-refractivity contribution in [2.24, 2.45) is 0 Å². The maximum atomic E-state index is 11.0. The molecule has 1 aromatic carbocycles. The number of nitrogens with one attached hydrogen (secondary N) is 1. The molecular formula is C10H9ClN2O2S. The van der Waals surface area contributed by atoms with Gasteiger partial charge < -0.3 is 4.74 Å². The van der Waals surface area contributed by atoms with Gasteiger partial charge >= 0.3 is 6.09 Å². The van der Waals surface area contributed by atoms with Crippen LogP contribution in [0.4, 0.5) is 10.5 Å². The number of methoxy groups -OCH3 is 1. The van der Waals surface area contributed by atoms with Gasteiger partial charge in [0.1, 0.15) is 0 Å². The average Bonchev–Trinajstić information content (AvgIpc) is 2.29. The highest BCUT2D eigenvalue weighted by atomic mass is 35.5. The van der Waals surface area contributed by atoms with E-state index in [0.29, 0.717) is 16.5 Å². The van der Waals surface area contributed by atoms with Crippen LogP contribution in [0.2, 0.25) is 5.02 Å². The summed E-state index contributed by atoms with van der Waals surface area (Å²) in [6.07, 6.45) is -0.570. The van der Waals surface area contributed by atoms with E-state index in [4.69, 9.17) is 16.9 Å². The van der Waals surface area contributed by atoms with Crippen molar-refractivity contribution in [2.45, 2.75) is 4.90 Å². The molecule has 6 heteroatoms.